The van der Waals surface area contributed by atoms with Gasteiger partial charge in [0.1, 0.15) is 18.0 Å². The van der Waals surface area contributed by atoms with Gasteiger partial charge in [0.25, 0.3) is 0 Å². The Morgan fingerprint density at radius 1 is 0.963 bits per heavy atom. The lowest BCUT2D eigenvalue weighted by atomic mass is 10.1. The van der Waals surface area contributed by atoms with Crippen LogP contribution in [0.3, 0.4) is 0 Å². The third-order valence-electron chi connectivity index (χ3n) is 5.69. The predicted molar refractivity (Wildman–Crippen MR) is 102 cm³/mol. The lowest BCUT2D eigenvalue weighted by molar-refractivity contribution is 0.157. The second kappa shape index (κ2) is 6.45. The molecule has 0 radical (unpaired) electrons. The van der Waals surface area contributed by atoms with Gasteiger partial charge < -0.3 is 9.80 Å². The van der Waals surface area contributed by atoms with Crippen LogP contribution >= 0.6 is 0 Å². The summed E-state index contributed by atoms with van der Waals surface area (Å²) in [5.74, 6) is 0.800. The summed E-state index contributed by atoms with van der Waals surface area (Å²) in [5, 5.41) is 5.31. The average Bonchev–Trinajstić information content (AvgIpc) is 3.04. The van der Waals surface area contributed by atoms with Gasteiger partial charge in [0.2, 0.25) is 0 Å². The highest BCUT2D eigenvalue weighted by atomic mass is 19.1. The van der Waals surface area contributed by atoms with Crippen LogP contribution in [0.4, 0.5) is 15.9 Å². The molecule has 0 aliphatic carbocycles. The number of anilines is 2. The molecule has 8 heteroatoms. The van der Waals surface area contributed by atoms with Crippen LogP contribution in [0.5, 0.6) is 0 Å². The topological polar surface area (TPSA) is 53.3 Å². The minimum atomic E-state index is -0.181. The fourth-order valence-electron chi connectivity index (χ4n) is 4.06. The Labute approximate surface area is 157 Å². The van der Waals surface area contributed by atoms with E-state index in [4.69, 9.17) is 0 Å². The van der Waals surface area contributed by atoms with Crippen molar-refractivity contribution in [3.63, 3.8) is 0 Å². The largest absolute Gasteiger partial charge is 0.369 e. The van der Waals surface area contributed by atoms with E-state index in [9.17, 15) is 4.39 Å². The maximum absolute atomic E-state index is 13.1. The van der Waals surface area contributed by atoms with E-state index in [2.05, 4.69) is 29.8 Å². The Morgan fingerprint density at radius 3 is 2.44 bits per heavy atom. The van der Waals surface area contributed by atoms with Crippen molar-refractivity contribution in [1.29, 1.82) is 0 Å². The fourth-order valence-corrected chi connectivity index (χ4v) is 4.06. The van der Waals surface area contributed by atoms with Gasteiger partial charge in [0.15, 0.2) is 5.65 Å². The molecule has 27 heavy (non-hydrogen) atoms. The number of halogens is 1. The number of nitrogens with zero attached hydrogens (tertiary/aromatic N) is 7. The van der Waals surface area contributed by atoms with E-state index in [0.717, 1.165) is 61.8 Å². The predicted octanol–water partition coefficient (Wildman–Crippen LogP) is 1.51. The van der Waals surface area contributed by atoms with Gasteiger partial charge >= 0.3 is 0 Å². The first-order chi connectivity index (χ1) is 13.2. The Kier molecular flexibility index (Phi) is 3.93. The second-order valence-corrected chi connectivity index (χ2v) is 7.26. The Bertz CT molecular complexity index is 940. The van der Waals surface area contributed by atoms with Crippen LogP contribution in [0.25, 0.3) is 11.0 Å². The minimum absolute atomic E-state index is 0.181. The minimum Gasteiger partial charge on any atom is -0.369 e. The molecule has 0 amide bonds. The number of piperazine rings is 1. The van der Waals surface area contributed by atoms with E-state index in [0.29, 0.717) is 6.04 Å². The standard InChI is InChI=1S/C19H22FN7/c1-24-18-17(10-23-24)19(22-13-21-18)27-11-16(12-27)26-8-6-25(7-9-26)15-4-2-14(20)3-5-15/h2-5,10,13,16H,6-9,11-12H2,1H3. The van der Waals surface area contributed by atoms with Gasteiger partial charge in [-0.15, -0.1) is 0 Å². The molecule has 0 unspecified atom stereocenters. The Balaban J connectivity index is 1.20. The molecule has 2 saturated heterocycles. The summed E-state index contributed by atoms with van der Waals surface area (Å²) in [6.07, 6.45) is 3.47. The highest BCUT2D eigenvalue weighted by Gasteiger charge is 2.35. The zero-order valence-electron chi connectivity index (χ0n) is 15.3. The fraction of sp³-hybridized carbons (Fsp3) is 0.421. The van der Waals surface area contributed by atoms with Crippen LogP contribution in [0.2, 0.25) is 0 Å². The Hall–Kier alpha value is -2.74. The number of hydrogen-bond donors (Lipinski definition) is 0. The summed E-state index contributed by atoms with van der Waals surface area (Å²) < 4.78 is 14.9. The second-order valence-electron chi connectivity index (χ2n) is 7.26. The average molecular weight is 367 g/mol. The van der Waals surface area contributed by atoms with Crippen molar-refractivity contribution in [2.45, 2.75) is 6.04 Å². The first-order valence-electron chi connectivity index (χ1n) is 9.31. The molecule has 3 aromatic rings. The van der Waals surface area contributed by atoms with Gasteiger partial charge in [-0.1, -0.05) is 0 Å². The number of aryl methyl sites for hydroxylation is 1. The first-order valence-corrected chi connectivity index (χ1v) is 9.31. The summed E-state index contributed by atoms with van der Waals surface area (Å²) in [5.41, 5.74) is 1.97. The van der Waals surface area contributed by atoms with Crippen LogP contribution in [0.1, 0.15) is 0 Å². The van der Waals surface area contributed by atoms with E-state index >= 15 is 0 Å². The molecule has 2 aromatic heterocycles. The molecule has 4 heterocycles. The van der Waals surface area contributed by atoms with Crippen molar-refractivity contribution in [2.24, 2.45) is 7.05 Å². The summed E-state index contributed by atoms with van der Waals surface area (Å²) in [4.78, 5) is 16.0. The summed E-state index contributed by atoms with van der Waals surface area (Å²) >= 11 is 0. The molecule has 2 aliphatic heterocycles. The normalized spacial score (nSPS) is 18.9. The molecule has 1 aromatic carbocycles. The quantitative estimate of drug-likeness (QED) is 0.700. The molecular weight excluding hydrogens is 345 g/mol. The van der Waals surface area contributed by atoms with Crippen molar-refractivity contribution in [1.82, 2.24) is 24.6 Å². The van der Waals surface area contributed by atoms with Gasteiger partial charge in [-0.25, -0.2) is 14.4 Å². The smallest absolute Gasteiger partial charge is 0.163 e. The summed E-state index contributed by atoms with van der Waals surface area (Å²) in [7, 11) is 1.90. The summed E-state index contributed by atoms with van der Waals surface area (Å²) in [6, 6.07) is 7.36. The number of rotatable bonds is 3. The number of benzene rings is 1. The zero-order chi connectivity index (χ0) is 18.4. The lowest BCUT2D eigenvalue weighted by Crippen LogP contribution is -2.63. The molecule has 0 saturated carbocycles. The van der Waals surface area contributed by atoms with Gasteiger partial charge in [0, 0.05) is 58.0 Å². The van der Waals surface area contributed by atoms with E-state index in [1.165, 1.54) is 12.1 Å². The third-order valence-corrected chi connectivity index (χ3v) is 5.69. The van der Waals surface area contributed by atoms with Crippen molar-refractivity contribution in [3.8, 4) is 0 Å². The molecule has 0 bridgehead atoms. The van der Waals surface area contributed by atoms with Gasteiger partial charge in [-0.2, -0.15) is 5.10 Å². The molecule has 5 rings (SSSR count). The number of aromatic nitrogens is 4. The molecule has 140 valence electrons. The molecule has 0 spiro atoms. The van der Waals surface area contributed by atoms with Crippen LogP contribution < -0.4 is 9.80 Å². The number of fused-ring (bicyclic) bond motifs is 1. The molecule has 2 fully saturated rings. The van der Waals surface area contributed by atoms with Gasteiger partial charge in [-0.05, 0) is 24.3 Å². The van der Waals surface area contributed by atoms with Crippen molar-refractivity contribution >= 4 is 22.5 Å². The van der Waals surface area contributed by atoms with Gasteiger partial charge in [-0.3, -0.25) is 9.58 Å². The maximum Gasteiger partial charge on any atom is 0.163 e. The zero-order valence-corrected chi connectivity index (χ0v) is 15.3. The van der Waals surface area contributed by atoms with E-state index in [1.54, 1.807) is 11.0 Å². The molecule has 0 N–H and O–H groups in total. The van der Waals surface area contributed by atoms with Crippen LogP contribution in [-0.2, 0) is 7.05 Å². The first kappa shape index (κ1) is 16.4. The van der Waals surface area contributed by atoms with Crippen molar-refractivity contribution < 1.29 is 4.39 Å². The van der Waals surface area contributed by atoms with Crippen LogP contribution in [0.15, 0.2) is 36.8 Å². The highest BCUT2D eigenvalue weighted by Crippen LogP contribution is 2.28. The van der Waals surface area contributed by atoms with E-state index < -0.39 is 0 Å². The van der Waals surface area contributed by atoms with E-state index in [1.807, 2.05) is 25.4 Å². The Morgan fingerprint density at radius 2 is 1.70 bits per heavy atom. The number of hydrogen-bond acceptors (Lipinski definition) is 6. The van der Waals surface area contributed by atoms with Crippen molar-refractivity contribution in [2.75, 3.05) is 49.1 Å². The molecule has 2 aliphatic rings. The maximum atomic E-state index is 13.1. The summed E-state index contributed by atoms with van der Waals surface area (Å²) in [6.45, 7) is 5.98. The monoisotopic (exact) mass is 367 g/mol. The van der Waals surface area contributed by atoms with Crippen LogP contribution in [0, 0.1) is 5.82 Å². The van der Waals surface area contributed by atoms with Crippen LogP contribution in [-0.4, -0.2) is 70.0 Å². The van der Waals surface area contributed by atoms with Crippen molar-refractivity contribution in [3.05, 3.63) is 42.6 Å². The molecule has 7 nitrogen and oxygen atoms in total. The lowest BCUT2D eigenvalue weighted by Gasteiger charge is -2.49. The SMILES string of the molecule is Cn1ncc2c(N3CC(N4CCN(c5ccc(F)cc5)CC4)C3)ncnc21. The van der Waals surface area contributed by atoms with Gasteiger partial charge in [0.05, 0.1) is 11.6 Å². The highest BCUT2D eigenvalue weighted by molar-refractivity contribution is 5.87. The molecular formula is C19H22FN7. The molecule has 0 atom stereocenters. The third kappa shape index (κ3) is 2.90. The van der Waals surface area contributed by atoms with E-state index in [-0.39, 0.29) is 5.82 Å².